The van der Waals surface area contributed by atoms with Gasteiger partial charge in [0.15, 0.2) is 17.5 Å². The van der Waals surface area contributed by atoms with Crippen LogP contribution in [-0.4, -0.2) is 15.0 Å². The van der Waals surface area contributed by atoms with Gasteiger partial charge in [-0.1, -0.05) is 147 Å². The van der Waals surface area contributed by atoms with Gasteiger partial charge in [-0.05, 0) is 62.7 Å². The summed E-state index contributed by atoms with van der Waals surface area (Å²) in [5.41, 5.74) is 12.5. The zero-order valence-electron chi connectivity index (χ0n) is 25.3. The van der Waals surface area contributed by atoms with Crippen molar-refractivity contribution >= 4 is 0 Å². The number of benzene rings is 6. The Hall–Kier alpha value is -5.67. The van der Waals surface area contributed by atoms with Crippen LogP contribution in [-0.2, 0) is 5.41 Å². The number of aromatic nitrogens is 3. The van der Waals surface area contributed by atoms with E-state index in [0.29, 0.717) is 17.5 Å². The summed E-state index contributed by atoms with van der Waals surface area (Å²) in [6.45, 7) is 4.67. The molecule has 0 radical (unpaired) electrons. The molecule has 8 rings (SSSR count). The van der Waals surface area contributed by atoms with Crippen molar-refractivity contribution in [3.63, 3.8) is 0 Å². The fraction of sp³-hybridized carbons (Fsp3) is 0.0714. The Balaban J connectivity index is 1.41. The summed E-state index contributed by atoms with van der Waals surface area (Å²) in [5, 5.41) is 0. The number of hydrogen-bond acceptors (Lipinski definition) is 3. The molecule has 0 fully saturated rings. The van der Waals surface area contributed by atoms with Crippen molar-refractivity contribution in [2.24, 2.45) is 0 Å². The predicted molar refractivity (Wildman–Crippen MR) is 185 cm³/mol. The van der Waals surface area contributed by atoms with E-state index in [-0.39, 0.29) is 5.41 Å². The second kappa shape index (κ2) is 10.8. The zero-order chi connectivity index (χ0) is 30.4. The smallest absolute Gasteiger partial charge is 0.164 e. The maximum Gasteiger partial charge on any atom is 0.164 e. The molecule has 45 heavy (non-hydrogen) atoms. The quantitative estimate of drug-likeness (QED) is 0.204. The molecule has 1 heterocycles. The average molecular weight is 578 g/mol. The largest absolute Gasteiger partial charge is 0.208 e. The first-order chi connectivity index (χ1) is 22.1. The topological polar surface area (TPSA) is 38.7 Å². The summed E-state index contributed by atoms with van der Waals surface area (Å²) in [6, 6.07) is 53.1. The third kappa shape index (κ3) is 4.74. The van der Waals surface area contributed by atoms with Crippen molar-refractivity contribution in [3.05, 3.63) is 163 Å². The minimum atomic E-state index is -0.230. The van der Waals surface area contributed by atoms with Crippen LogP contribution in [0.3, 0.4) is 0 Å². The molecule has 7 aromatic rings. The summed E-state index contributed by atoms with van der Waals surface area (Å²) in [6.07, 6.45) is 0. The fourth-order valence-corrected chi connectivity index (χ4v) is 6.56. The van der Waals surface area contributed by atoms with Gasteiger partial charge in [-0.3, -0.25) is 0 Å². The van der Waals surface area contributed by atoms with Crippen molar-refractivity contribution in [2.45, 2.75) is 19.3 Å². The van der Waals surface area contributed by atoms with Crippen LogP contribution in [0.1, 0.15) is 25.0 Å². The zero-order valence-corrected chi connectivity index (χ0v) is 25.3. The first kappa shape index (κ1) is 26.9. The van der Waals surface area contributed by atoms with Gasteiger partial charge in [-0.25, -0.2) is 15.0 Å². The molecule has 0 aliphatic heterocycles. The number of fused-ring (bicyclic) bond motifs is 3. The second-order valence-corrected chi connectivity index (χ2v) is 12.1. The van der Waals surface area contributed by atoms with E-state index in [2.05, 4.69) is 129 Å². The van der Waals surface area contributed by atoms with Crippen LogP contribution in [0.4, 0.5) is 0 Å². The van der Waals surface area contributed by atoms with Gasteiger partial charge in [-0.2, -0.15) is 0 Å². The fourth-order valence-electron chi connectivity index (χ4n) is 6.56. The molecule has 1 aliphatic rings. The standard InChI is InChI=1S/C42H31N3/c1-42(2)36-26-32(28-15-7-3-8-16-28)23-24-34(36)38-35(25-33(27-37(38)42)29-17-9-4-10-18-29)41-44-39(30-19-11-5-12-20-30)43-40(45-41)31-21-13-6-14-22-31/h3-27H,1-2H3. The molecule has 0 atom stereocenters. The first-order valence-corrected chi connectivity index (χ1v) is 15.4. The number of nitrogens with zero attached hydrogens (tertiary/aromatic N) is 3. The Bertz CT molecular complexity index is 2100. The Morgan fingerprint density at radius 1 is 0.356 bits per heavy atom. The monoisotopic (exact) mass is 577 g/mol. The van der Waals surface area contributed by atoms with Gasteiger partial charge in [0.05, 0.1) is 0 Å². The van der Waals surface area contributed by atoms with E-state index >= 15 is 0 Å². The molecule has 1 aliphatic carbocycles. The van der Waals surface area contributed by atoms with E-state index in [1.54, 1.807) is 0 Å². The maximum absolute atomic E-state index is 5.18. The van der Waals surface area contributed by atoms with Gasteiger partial charge >= 0.3 is 0 Å². The van der Waals surface area contributed by atoms with Crippen LogP contribution in [0.15, 0.2) is 152 Å². The normalized spacial score (nSPS) is 12.8. The number of hydrogen-bond donors (Lipinski definition) is 0. The van der Waals surface area contributed by atoms with E-state index in [1.165, 1.54) is 38.9 Å². The Morgan fingerprint density at radius 2 is 0.800 bits per heavy atom. The molecule has 0 unspecified atom stereocenters. The van der Waals surface area contributed by atoms with Crippen LogP contribution < -0.4 is 0 Å². The van der Waals surface area contributed by atoms with Crippen LogP contribution in [0, 0.1) is 0 Å². The third-order valence-electron chi connectivity index (χ3n) is 8.93. The molecule has 0 bridgehead atoms. The van der Waals surface area contributed by atoms with Crippen LogP contribution in [0.2, 0.25) is 0 Å². The van der Waals surface area contributed by atoms with Gasteiger partial charge in [0, 0.05) is 22.1 Å². The summed E-state index contributed by atoms with van der Waals surface area (Å²) in [4.78, 5) is 15.3. The molecule has 3 heteroatoms. The molecule has 214 valence electrons. The van der Waals surface area contributed by atoms with Gasteiger partial charge in [0.25, 0.3) is 0 Å². The third-order valence-corrected chi connectivity index (χ3v) is 8.93. The summed E-state index contributed by atoms with van der Waals surface area (Å²) >= 11 is 0. The van der Waals surface area contributed by atoms with Crippen LogP contribution in [0.5, 0.6) is 0 Å². The van der Waals surface area contributed by atoms with Gasteiger partial charge in [-0.15, -0.1) is 0 Å². The lowest BCUT2D eigenvalue weighted by atomic mass is 9.80. The molecular weight excluding hydrogens is 546 g/mol. The summed E-state index contributed by atoms with van der Waals surface area (Å²) < 4.78 is 0. The summed E-state index contributed by atoms with van der Waals surface area (Å²) in [5.74, 6) is 2.00. The highest BCUT2D eigenvalue weighted by Gasteiger charge is 2.38. The summed E-state index contributed by atoms with van der Waals surface area (Å²) in [7, 11) is 0. The highest BCUT2D eigenvalue weighted by molar-refractivity contribution is 5.95. The van der Waals surface area contributed by atoms with Crippen molar-refractivity contribution in [3.8, 4) is 67.5 Å². The molecule has 6 aromatic carbocycles. The van der Waals surface area contributed by atoms with Crippen molar-refractivity contribution in [1.82, 2.24) is 15.0 Å². The SMILES string of the molecule is CC1(C)c2cc(-c3ccccc3)ccc2-c2c(-c3nc(-c4ccccc4)nc(-c4ccccc4)n3)cc(-c3ccccc3)cc21. The molecular formula is C42H31N3. The Labute approximate surface area is 264 Å². The Morgan fingerprint density at radius 3 is 1.33 bits per heavy atom. The lowest BCUT2D eigenvalue weighted by molar-refractivity contribution is 0.661. The molecule has 0 saturated carbocycles. The minimum absolute atomic E-state index is 0.230. The van der Waals surface area contributed by atoms with E-state index in [0.717, 1.165) is 22.3 Å². The second-order valence-electron chi connectivity index (χ2n) is 12.1. The lowest BCUT2D eigenvalue weighted by Gasteiger charge is -2.23. The van der Waals surface area contributed by atoms with Crippen molar-refractivity contribution < 1.29 is 0 Å². The van der Waals surface area contributed by atoms with E-state index in [1.807, 2.05) is 36.4 Å². The molecule has 3 nitrogen and oxygen atoms in total. The molecule has 0 N–H and O–H groups in total. The highest BCUT2D eigenvalue weighted by atomic mass is 15.0. The molecule has 0 spiro atoms. The minimum Gasteiger partial charge on any atom is -0.208 e. The molecule has 0 amide bonds. The average Bonchev–Trinajstić information content (AvgIpc) is 3.34. The van der Waals surface area contributed by atoms with Crippen molar-refractivity contribution in [2.75, 3.05) is 0 Å². The van der Waals surface area contributed by atoms with E-state index < -0.39 is 0 Å². The van der Waals surface area contributed by atoms with E-state index in [4.69, 9.17) is 15.0 Å². The molecule has 0 saturated heterocycles. The van der Waals surface area contributed by atoms with Gasteiger partial charge in [0.2, 0.25) is 0 Å². The predicted octanol–water partition coefficient (Wildman–Crippen LogP) is 10.5. The van der Waals surface area contributed by atoms with E-state index in [9.17, 15) is 0 Å². The first-order valence-electron chi connectivity index (χ1n) is 15.4. The van der Waals surface area contributed by atoms with Crippen LogP contribution in [0.25, 0.3) is 67.5 Å². The number of rotatable bonds is 5. The highest BCUT2D eigenvalue weighted by Crippen LogP contribution is 2.54. The van der Waals surface area contributed by atoms with Gasteiger partial charge in [0.1, 0.15) is 0 Å². The van der Waals surface area contributed by atoms with Gasteiger partial charge < -0.3 is 0 Å². The Kier molecular flexibility index (Phi) is 6.46. The lowest BCUT2D eigenvalue weighted by Crippen LogP contribution is -2.15. The van der Waals surface area contributed by atoms with Crippen molar-refractivity contribution in [1.29, 1.82) is 0 Å². The molecule has 1 aromatic heterocycles. The van der Waals surface area contributed by atoms with Crippen LogP contribution >= 0.6 is 0 Å². The maximum atomic E-state index is 5.18.